The van der Waals surface area contributed by atoms with Crippen LogP contribution in [0, 0.1) is 5.82 Å². The molecular weight excluding hydrogens is 258 g/mol. The molecule has 2 rings (SSSR count). The molecule has 1 fully saturated rings. The molecule has 0 atom stereocenters. The van der Waals surface area contributed by atoms with E-state index in [0.717, 1.165) is 37.8 Å². The van der Waals surface area contributed by atoms with Crippen molar-refractivity contribution in [2.45, 2.75) is 50.9 Å². The number of hydrogen-bond acceptors (Lipinski definition) is 1. The van der Waals surface area contributed by atoms with E-state index in [1.54, 1.807) is 0 Å². The van der Waals surface area contributed by atoms with Gasteiger partial charge in [0.15, 0.2) is 0 Å². The van der Waals surface area contributed by atoms with Gasteiger partial charge in [-0.3, -0.25) is 0 Å². The van der Waals surface area contributed by atoms with Gasteiger partial charge in [-0.25, -0.2) is 4.39 Å². The van der Waals surface area contributed by atoms with Crippen LogP contribution in [0.1, 0.15) is 43.7 Å². The average molecular weight is 275 g/mol. The summed E-state index contributed by atoms with van der Waals surface area (Å²) in [6.07, 6.45) is -0.426. The van der Waals surface area contributed by atoms with E-state index in [9.17, 15) is 17.6 Å². The van der Waals surface area contributed by atoms with Crippen LogP contribution in [0.2, 0.25) is 0 Å². The van der Waals surface area contributed by atoms with Crippen LogP contribution in [0.15, 0.2) is 18.2 Å². The zero-order valence-electron chi connectivity index (χ0n) is 10.8. The van der Waals surface area contributed by atoms with Gasteiger partial charge in [-0.2, -0.15) is 13.2 Å². The second-order valence-electron chi connectivity index (χ2n) is 5.15. The van der Waals surface area contributed by atoms with Gasteiger partial charge < -0.3 is 5.32 Å². The van der Waals surface area contributed by atoms with Crippen LogP contribution in [-0.4, -0.2) is 5.54 Å². The van der Waals surface area contributed by atoms with Crippen LogP contribution in [0.4, 0.5) is 17.6 Å². The molecular formula is C14H17F4N. The lowest BCUT2D eigenvalue weighted by molar-refractivity contribution is -0.140. The number of rotatable bonds is 4. The Morgan fingerprint density at radius 2 is 1.95 bits per heavy atom. The minimum absolute atomic E-state index is 0.0623. The van der Waals surface area contributed by atoms with Crippen LogP contribution < -0.4 is 5.32 Å². The van der Waals surface area contributed by atoms with Gasteiger partial charge in [0.2, 0.25) is 0 Å². The van der Waals surface area contributed by atoms with Crippen molar-refractivity contribution in [3.63, 3.8) is 0 Å². The topological polar surface area (TPSA) is 12.0 Å². The Morgan fingerprint density at radius 1 is 1.26 bits per heavy atom. The first-order valence-corrected chi connectivity index (χ1v) is 6.47. The minimum Gasteiger partial charge on any atom is -0.307 e. The molecule has 1 N–H and O–H groups in total. The molecule has 0 amide bonds. The fourth-order valence-corrected chi connectivity index (χ4v) is 2.45. The lowest BCUT2D eigenvalue weighted by Gasteiger charge is -2.42. The summed E-state index contributed by atoms with van der Waals surface area (Å²) in [5.74, 6) is -1.22. The van der Waals surface area contributed by atoms with E-state index >= 15 is 0 Å². The number of hydrogen-bond donors (Lipinski definition) is 1. The maximum Gasteiger partial charge on any atom is 0.419 e. The van der Waals surface area contributed by atoms with E-state index in [2.05, 4.69) is 12.2 Å². The summed E-state index contributed by atoms with van der Waals surface area (Å²) in [6, 6.07) is 3.18. The highest BCUT2D eigenvalue weighted by molar-refractivity contribution is 5.27. The second-order valence-corrected chi connectivity index (χ2v) is 5.15. The van der Waals surface area contributed by atoms with Crippen LogP contribution in [0.3, 0.4) is 0 Å². The normalized spacial score (nSPS) is 18.2. The predicted molar refractivity (Wildman–Crippen MR) is 65.1 cm³/mol. The number of halogens is 4. The van der Waals surface area contributed by atoms with Crippen molar-refractivity contribution >= 4 is 0 Å². The van der Waals surface area contributed by atoms with Crippen LogP contribution in [-0.2, 0) is 12.7 Å². The zero-order valence-corrected chi connectivity index (χ0v) is 10.8. The van der Waals surface area contributed by atoms with Crippen molar-refractivity contribution in [3.8, 4) is 0 Å². The number of nitrogens with one attached hydrogen (secondary N) is 1. The summed E-state index contributed by atoms with van der Waals surface area (Å²) in [5, 5.41) is 3.31. The molecule has 1 saturated carbocycles. The third kappa shape index (κ3) is 3.08. The summed E-state index contributed by atoms with van der Waals surface area (Å²) >= 11 is 0. The quantitative estimate of drug-likeness (QED) is 0.809. The van der Waals surface area contributed by atoms with E-state index in [0.29, 0.717) is 12.1 Å². The lowest BCUT2D eigenvalue weighted by atomic mass is 9.75. The molecule has 0 aliphatic heterocycles. The predicted octanol–water partition coefficient (Wildman–Crippen LogP) is 4.27. The van der Waals surface area contributed by atoms with Crippen LogP contribution >= 0.6 is 0 Å². The molecule has 0 radical (unpaired) electrons. The van der Waals surface area contributed by atoms with Crippen molar-refractivity contribution in [3.05, 3.63) is 35.1 Å². The van der Waals surface area contributed by atoms with Gasteiger partial charge in [-0.1, -0.05) is 13.0 Å². The fourth-order valence-electron chi connectivity index (χ4n) is 2.45. The molecule has 5 heteroatoms. The molecule has 0 bridgehead atoms. The highest BCUT2D eigenvalue weighted by atomic mass is 19.4. The van der Waals surface area contributed by atoms with E-state index in [-0.39, 0.29) is 5.54 Å². The van der Waals surface area contributed by atoms with E-state index in [4.69, 9.17) is 0 Å². The monoisotopic (exact) mass is 275 g/mol. The Balaban J connectivity index is 2.09. The highest BCUT2D eigenvalue weighted by Crippen LogP contribution is 2.35. The van der Waals surface area contributed by atoms with E-state index < -0.39 is 17.6 Å². The minimum atomic E-state index is -4.64. The smallest absolute Gasteiger partial charge is 0.307 e. The van der Waals surface area contributed by atoms with E-state index in [1.165, 1.54) is 6.07 Å². The summed E-state index contributed by atoms with van der Waals surface area (Å²) in [6.45, 7) is 2.41. The van der Waals surface area contributed by atoms with Crippen molar-refractivity contribution < 1.29 is 17.6 Å². The molecule has 19 heavy (non-hydrogen) atoms. The molecule has 0 spiro atoms. The Bertz CT molecular complexity index is 444. The Hall–Kier alpha value is -1.10. The summed E-state index contributed by atoms with van der Waals surface area (Å²) in [5.41, 5.74) is -0.660. The standard InChI is InChI=1S/C14H17F4N/c1-2-13(6-3-7-13)19-9-10-4-5-12(15)11(8-10)14(16,17)18/h4-5,8,19H,2-3,6-7,9H2,1H3. The van der Waals surface area contributed by atoms with Crippen LogP contribution in [0.5, 0.6) is 0 Å². The fraction of sp³-hybridized carbons (Fsp3) is 0.571. The third-order valence-electron chi connectivity index (χ3n) is 3.99. The molecule has 1 aliphatic carbocycles. The first kappa shape index (κ1) is 14.3. The zero-order chi connectivity index (χ0) is 14.1. The summed E-state index contributed by atoms with van der Waals surface area (Å²) in [7, 11) is 0. The van der Waals surface area contributed by atoms with Gasteiger partial charge in [0.25, 0.3) is 0 Å². The van der Waals surface area contributed by atoms with Gasteiger partial charge in [0.1, 0.15) is 5.82 Å². The first-order valence-electron chi connectivity index (χ1n) is 6.47. The van der Waals surface area contributed by atoms with Crippen molar-refractivity contribution in [1.82, 2.24) is 5.32 Å². The largest absolute Gasteiger partial charge is 0.419 e. The van der Waals surface area contributed by atoms with Gasteiger partial charge in [0.05, 0.1) is 5.56 Å². The van der Waals surface area contributed by atoms with Crippen molar-refractivity contribution in [2.24, 2.45) is 0 Å². The Kier molecular flexibility index (Phi) is 3.85. The molecule has 0 aromatic heterocycles. The molecule has 1 aliphatic rings. The molecule has 106 valence electrons. The van der Waals surface area contributed by atoms with Crippen molar-refractivity contribution in [2.75, 3.05) is 0 Å². The Morgan fingerprint density at radius 3 is 2.42 bits per heavy atom. The Labute approximate surface area is 110 Å². The molecule has 1 aromatic carbocycles. The van der Waals surface area contributed by atoms with E-state index in [1.807, 2.05) is 0 Å². The van der Waals surface area contributed by atoms with Gasteiger partial charge in [0, 0.05) is 12.1 Å². The summed E-state index contributed by atoms with van der Waals surface area (Å²) in [4.78, 5) is 0. The van der Waals surface area contributed by atoms with Crippen molar-refractivity contribution in [1.29, 1.82) is 0 Å². The lowest BCUT2D eigenvalue weighted by Crippen LogP contribution is -2.49. The molecule has 0 unspecified atom stereocenters. The molecule has 1 nitrogen and oxygen atoms in total. The van der Waals surface area contributed by atoms with Gasteiger partial charge in [-0.15, -0.1) is 0 Å². The molecule has 0 heterocycles. The maximum absolute atomic E-state index is 13.1. The average Bonchev–Trinajstić information content (AvgIpc) is 2.28. The van der Waals surface area contributed by atoms with Crippen LogP contribution in [0.25, 0.3) is 0 Å². The molecule has 1 aromatic rings. The number of benzene rings is 1. The van der Waals surface area contributed by atoms with Gasteiger partial charge >= 0.3 is 6.18 Å². The first-order chi connectivity index (χ1) is 8.86. The van der Waals surface area contributed by atoms with Gasteiger partial charge in [-0.05, 0) is 43.4 Å². The summed E-state index contributed by atoms with van der Waals surface area (Å²) < 4.78 is 50.9. The second kappa shape index (κ2) is 5.12. The molecule has 0 saturated heterocycles. The third-order valence-corrected chi connectivity index (χ3v) is 3.99. The number of alkyl halides is 3. The SMILES string of the molecule is CCC1(NCc2ccc(F)c(C(F)(F)F)c2)CCC1. The highest BCUT2D eigenvalue weighted by Gasteiger charge is 2.36. The maximum atomic E-state index is 13.1.